The highest BCUT2D eigenvalue weighted by atomic mass is 32.1. The molecular formula is C27H29NO4S. The summed E-state index contributed by atoms with van der Waals surface area (Å²) < 4.78 is 0. The van der Waals surface area contributed by atoms with Crippen LogP contribution in [0, 0.1) is 5.92 Å². The van der Waals surface area contributed by atoms with Gasteiger partial charge in [-0.25, -0.2) is 4.79 Å². The van der Waals surface area contributed by atoms with E-state index >= 15 is 0 Å². The van der Waals surface area contributed by atoms with Gasteiger partial charge in [0.1, 0.15) is 11.8 Å². The number of rotatable bonds is 11. The SMILES string of the molecule is O=C(N[C@@H](Cc1ccc(O)cc1)C(=O)O)C(Cc1ccccc1)C(S)CCc1ccccc1. The van der Waals surface area contributed by atoms with E-state index in [0.717, 1.165) is 12.0 Å². The molecule has 3 aromatic carbocycles. The summed E-state index contributed by atoms with van der Waals surface area (Å²) >= 11 is 4.77. The van der Waals surface area contributed by atoms with Gasteiger partial charge in [-0.1, -0.05) is 72.8 Å². The van der Waals surface area contributed by atoms with Crippen LogP contribution >= 0.6 is 12.6 Å². The summed E-state index contributed by atoms with van der Waals surface area (Å²) in [5.41, 5.74) is 2.89. The summed E-state index contributed by atoms with van der Waals surface area (Å²) in [6.07, 6.45) is 2.07. The lowest BCUT2D eigenvalue weighted by Gasteiger charge is -2.25. The zero-order chi connectivity index (χ0) is 23.6. The van der Waals surface area contributed by atoms with Gasteiger partial charge in [-0.05, 0) is 48.1 Å². The summed E-state index contributed by atoms with van der Waals surface area (Å²) in [5, 5.41) is 21.7. The molecular weight excluding hydrogens is 434 g/mol. The van der Waals surface area contributed by atoms with Gasteiger partial charge in [0.2, 0.25) is 5.91 Å². The first kappa shape index (κ1) is 24.4. The summed E-state index contributed by atoms with van der Waals surface area (Å²) in [7, 11) is 0. The van der Waals surface area contributed by atoms with Crippen molar-refractivity contribution in [2.75, 3.05) is 0 Å². The quantitative estimate of drug-likeness (QED) is 0.320. The molecule has 0 spiro atoms. The van der Waals surface area contributed by atoms with Crippen molar-refractivity contribution in [2.45, 2.75) is 37.0 Å². The van der Waals surface area contributed by atoms with Crippen LogP contribution in [0.1, 0.15) is 23.1 Å². The van der Waals surface area contributed by atoms with E-state index in [1.165, 1.54) is 17.7 Å². The lowest BCUT2D eigenvalue weighted by atomic mass is 9.91. The molecule has 0 heterocycles. The Morgan fingerprint density at radius 2 is 1.33 bits per heavy atom. The lowest BCUT2D eigenvalue weighted by molar-refractivity contribution is -0.142. The van der Waals surface area contributed by atoms with Crippen molar-refractivity contribution < 1.29 is 19.8 Å². The third kappa shape index (κ3) is 7.68. The average Bonchev–Trinajstić information content (AvgIpc) is 2.83. The van der Waals surface area contributed by atoms with Crippen LogP contribution in [0.3, 0.4) is 0 Å². The first-order chi connectivity index (χ1) is 15.9. The van der Waals surface area contributed by atoms with Gasteiger partial charge in [-0.15, -0.1) is 0 Å². The third-order valence-corrected chi connectivity index (χ3v) is 6.28. The Balaban J connectivity index is 1.73. The maximum atomic E-state index is 13.3. The van der Waals surface area contributed by atoms with Crippen LogP contribution < -0.4 is 5.32 Å². The van der Waals surface area contributed by atoms with E-state index in [2.05, 4.69) is 5.32 Å². The number of phenols is 1. The van der Waals surface area contributed by atoms with E-state index in [9.17, 15) is 19.8 Å². The minimum absolute atomic E-state index is 0.105. The smallest absolute Gasteiger partial charge is 0.326 e. The highest BCUT2D eigenvalue weighted by Gasteiger charge is 2.30. The number of hydrogen-bond donors (Lipinski definition) is 4. The number of benzene rings is 3. The number of carboxylic acids is 1. The Morgan fingerprint density at radius 3 is 1.91 bits per heavy atom. The summed E-state index contributed by atoms with van der Waals surface area (Å²) in [5.74, 6) is -1.80. The van der Waals surface area contributed by atoms with Crippen LogP contribution in [0.25, 0.3) is 0 Å². The molecule has 0 aliphatic heterocycles. The zero-order valence-electron chi connectivity index (χ0n) is 18.3. The van der Waals surface area contributed by atoms with Gasteiger partial charge in [-0.2, -0.15) is 12.6 Å². The predicted octanol–water partition coefficient (Wildman–Crippen LogP) is 4.29. The maximum Gasteiger partial charge on any atom is 0.326 e. The number of aliphatic carboxylic acids is 1. The molecule has 3 N–H and O–H groups in total. The van der Waals surface area contributed by atoms with E-state index < -0.39 is 17.9 Å². The second kappa shape index (κ2) is 12.1. The van der Waals surface area contributed by atoms with Crippen molar-refractivity contribution in [3.8, 4) is 5.75 Å². The van der Waals surface area contributed by atoms with Crippen LogP contribution in [-0.2, 0) is 28.9 Å². The number of carbonyl (C=O) groups excluding carboxylic acids is 1. The number of aryl methyl sites for hydroxylation is 1. The Kier molecular flexibility index (Phi) is 8.95. The molecule has 1 amide bonds. The monoisotopic (exact) mass is 463 g/mol. The molecule has 0 radical (unpaired) electrons. The van der Waals surface area contributed by atoms with E-state index in [1.54, 1.807) is 12.1 Å². The predicted molar refractivity (Wildman–Crippen MR) is 133 cm³/mol. The van der Waals surface area contributed by atoms with Crippen LogP contribution in [0.4, 0.5) is 0 Å². The molecule has 0 aliphatic rings. The number of thiol groups is 1. The summed E-state index contributed by atoms with van der Waals surface area (Å²) in [6, 6.07) is 25.0. The number of nitrogens with one attached hydrogen (secondary N) is 1. The fourth-order valence-electron chi connectivity index (χ4n) is 3.78. The Labute approximate surface area is 199 Å². The Bertz CT molecular complexity index is 1030. The van der Waals surface area contributed by atoms with Crippen LogP contribution in [0.15, 0.2) is 84.9 Å². The van der Waals surface area contributed by atoms with E-state index in [1.807, 2.05) is 60.7 Å². The molecule has 5 nitrogen and oxygen atoms in total. The van der Waals surface area contributed by atoms with Gasteiger partial charge in [0, 0.05) is 11.7 Å². The van der Waals surface area contributed by atoms with Crippen molar-refractivity contribution >= 4 is 24.5 Å². The van der Waals surface area contributed by atoms with Gasteiger partial charge in [0.05, 0.1) is 5.92 Å². The van der Waals surface area contributed by atoms with Gasteiger partial charge < -0.3 is 15.5 Å². The number of phenolic OH excluding ortho intramolecular Hbond substituents is 1. The molecule has 0 fully saturated rings. The molecule has 33 heavy (non-hydrogen) atoms. The van der Waals surface area contributed by atoms with E-state index in [0.29, 0.717) is 18.4 Å². The molecule has 0 saturated heterocycles. The van der Waals surface area contributed by atoms with Crippen molar-refractivity contribution in [3.63, 3.8) is 0 Å². The fourth-order valence-corrected chi connectivity index (χ4v) is 4.15. The molecule has 0 saturated carbocycles. The van der Waals surface area contributed by atoms with Gasteiger partial charge in [0.25, 0.3) is 0 Å². The number of aromatic hydroxyl groups is 1. The molecule has 3 aromatic rings. The molecule has 3 rings (SSSR count). The molecule has 2 unspecified atom stereocenters. The number of hydrogen-bond acceptors (Lipinski definition) is 4. The number of amides is 1. The van der Waals surface area contributed by atoms with Crippen molar-refractivity contribution in [1.29, 1.82) is 0 Å². The number of carbonyl (C=O) groups is 2. The summed E-state index contributed by atoms with van der Waals surface area (Å²) in [6.45, 7) is 0. The topological polar surface area (TPSA) is 86.6 Å². The average molecular weight is 464 g/mol. The Hall–Kier alpha value is -3.25. The second-order valence-electron chi connectivity index (χ2n) is 8.16. The van der Waals surface area contributed by atoms with Crippen LogP contribution in [-0.4, -0.2) is 33.4 Å². The molecule has 0 bridgehead atoms. The van der Waals surface area contributed by atoms with Gasteiger partial charge in [-0.3, -0.25) is 4.79 Å². The van der Waals surface area contributed by atoms with Crippen LogP contribution in [0.2, 0.25) is 0 Å². The molecule has 3 atom stereocenters. The standard InChI is InChI=1S/C27H29NO4S/c29-22-14-11-21(12-15-22)18-24(27(31)32)28-26(30)23(17-20-9-5-2-6-10-20)25(33)16-13-19-7-3-1-4-8-19/h1-12,14-15,23-25,29,33H,13,16-18H2,(H,28,30)(H,31,32)/t23?,24-,25?/m0/s1. The first-order valence-electron chi connectivity index (χ1n) is 11.0. The normalized spacial score (nSPS) is 13.6. The van der Waals surface area contributed by atoms with E-state index in [4.69, 9.17) is 12.6 Å². The maximum absolute atomic E-state index is 13.3. The molecule has 0 aliphatic carbocycles. The largest absolute Gasteiger partial charge is 0.508 e. The minimum atomic E-state index is -1.10. The van der Waals surface area contributed by atoms with Gasteiger partial charge in [0.15, 0.2) is 0 Å². The highest BCUT2D eigenvalue weighted by Crippen LogP contribution is 2.23. The lowest BCUT2D eigenvalue weighted by Crippen LogP contribution is -2.47. The first-order valence-corrected chi connectivity index (χ1v) is 11.5. The van der Waals surface area contributed by atoms with Crippen molar-refractivity contribution in [2.24, 2.45) is 5.92 Å². The zero-order valence-corrected chi connectivity index (χ0v) is 19.2. The Morgan fingerprint density at radius 1 is 0.788 bits per heavy atom. The molecule has 172 valence electrons. The van der Waals surface area contributed by atoms with Crippen molar-refractivity contribution in [1.82, 2.24) is 5.32 Å². The second-order valence-corrected chi connectivity index (χ2v) is 8.82. The molecule has 0 aromatic heterocycles. The number of carboxylic acid groups (broad SMARTS) is 1. The van der Waals surface area contributed by atoms with Crippen molar-refractivity contribution in [3.05, 3.63) is 102 Å². The summed E-state index contributed by atoms with van der Waals surface area (Å²) in [4.78, 5) is 25.2. The van der Waals surface area contributed by atoms with Crippen LogP contribution in [0.5, 0.6) is 5.75 Å². The van der Waals surface area contributed by atoms with E-state index in [-0.39, 0.29) is 23.3 Å². The van der Waals surface area contributed by atoms with Gasteiger partial charge >= 0.3 is 5.97 Å². The molecule has 6 heteroatoms. The highest BCUT2D eigenvalue weighted by molar-refractivity contribution is 7.81. The third-order valence-electron chi connectivity index (χ3n) is 5.66. The fraction of sp³-hybridized carbons (Fsp3) is 0.259. The minimum Gasteiger partial charge on any atom is -0.508 e.